The molecule has 0 atom stereocenters. The van der Waals surface area contributed by atoms with Crippen LogP contribution >= 0.6 is 0 Å². The van der Waals surface area contributed by atoms with Crippen LogP contribution in [-0.2, 0) is 11.3 Å². The Hall–Kier alpha value is -2.93. The van der Waals surface area contributed by atoms with Crippen molar-refractivity contribution in [1.29, 1.82) is 0 Å². The summed E-state index contributed by atoms with van der Waals surface area (Å²) in [6, 6.07) is 11.4. The normalized spacial score (nSPS) is 14.8. The number of nitrogens with zero attached hydrogens (tertiary/aromatic N) is 4. The highest BCUT2D eigenvalue weighted by molar-refractivity contribution is 5.93. The van der Waals surface area contributed by atoms with E-state index in [4.69, 9.17) is 0 Å². The van der Waals surface area contributed by atoms with Gasteiger partial charge in [-0.1, -0.05) is 29.8 Å². The van der Waals surface area contributed by atoms with Crippen LogP contribution in [0, 0.1) is 6.92 Å². The largest absolute Gasteiger partial charge is 0.342 e. The quantitative estimate of drug-likeness (QED) is 0.665. The summed E-state index contributed by atoms with van der Waals surface area (Å²) >= 11 is 0. The lowest BCUT2D eigenvalue weighted by Crippen LogP contribution is -2.42. The SMILES string of the molecule is CCN(CC)C(=O)CN1CCCN(C(=O)c2cccn(Cc3cccc(C)c3)c2=O)CC1. The van der Waals surface area contributed by atoms with Crippen LogP contribution in [0.1, 0.15) is 41.8 Å². The second-order valence-electron chi connectivity index (χ2n) is 8.33. The summed E-state index contributed by atoms with van der Waals surface area (Å²) in [5.41, 5.74) is 2.10. The zero-order chi connectivity index (χ0) is 23.1. The molecule has 0 aliphatic carbocycles. The summed E-state index contributed by atoms with van der Waals surface area (Å²) in [4.78, 5) is 44.3. The summed E-state index contributed by atoms with van der Waals surface area (Å²) < 4.78 is 1.59. The van der Waals surface area contributed by atoms with Gasteiger partial charge in [-0.05, 0) is 44.9 Å². The predicted molar refractivity (Wildman–Crippen MR) is 126 cm³/mol. The lowest BCUT2D eigenvalue weighted by Gasteiger charge is -2.25. The fraction of sp³-hybridized carbons (Fsp3) is 0.480. The molecule has 1 fully saturated rings. The van der Waals surface area contributed by atoms with Crippen LogP contribution in [0.4, 0.5) is 0 Å². The van der Waals surface area contributed by atoms with Crippen LogP contribution in [0.25, 0.3) is 0 Å². The van der Waals surface area contributed by atoms with E-state index in [9.17, 15) is 14.4 Å². The molecule has 0 unspecified atom stereocenters. The van der Waals surface area contributed by atoms with E-state index in [1.54, 1.807) is 27.8 Å². The number of amides is 2. The molecule has 0 spiro atoms. The van der Waals surface area contributed by atoms with Gasteiger partial charge < -0.3 is 14.4 Å². The summed E-state index contributed by atoms with van der Waals surface area (Å²) in [5.74, 6) is -0.109. The molecule has 2 aromatic rings. The molecule has 1 saturated heterocycles. The number of hydrogen-bond donors (Lipinski definition) is 0. The van der Waals surface area contributed by atoms with Crippen molar-refractivity contribution < 1.29 is 9.59 Å². The number of aromatic nitrogens is 1. The lowest BCUT2D eigenvalue weighted by molar-refractivity contribution is -0.132. The van der Waals surface area contributed by atoms with Crippen LogP contribution in [0.2, 0.25) is 0 Å². The van der Waals surface area contributed by atoms with Crippen LogP contribution < -0.4 is 5.56 Å². The zero-order valence-electron chi connectivity index (χ0n) is 19.4. The first-order valence-corrected chi connectivity index (χ1v) is 11.5. The average Bonchev–Trinajstić information content (AvgIpc) is 3.01. The highest BCUT2D eigenvalue weighted by Gasteiger charge is 2.24. The summed E-state index contributed by atoms with van der Waals surface area (Å²) in [7, 11) is 0. The minimum atomic E-state index is -0.267. The average molecular weight is 439 g/mol. The first-order valence-electron chi connectivity index (χ1n) is 11.5. The standard InChI is InChI=1S/C25H34N4O3/c1-4-27(5-2)23(30)19-26-12-8-14-28(16-15-26)24(31)22-11-7-13-29(25(22)32)18-21-10-6-9-20(3)17-21/h6-7,9-11,13,17H,4-5,8,12,14-16,18-19H2,1-3H3. The van der Waals surface area contributed by atoms with E-state index < -0.39 is 0 Å². The number of carbonyl (C=O) groups is 2. The zero-order valence-corrected chi connectivity index (χ0v) is 19.4. The van der Waals surface area contributed by atoms with Gasteiger partial charge in [-0.3, -0.25) is 19.3 Å². The molecule has 7 nitrogen and oxygen atoms in total. The van der Waals surface area contributed by atoms with Gasteiger partial charge in [0.2, 0.25) is 5.91 Å². The molecule has 1 aliphatic rings. The Morgan fingerprint density at radius 2 is 1.78 bits per heavy atom. The molecule has 0 N–H and O–H groups in total. The topological polar surface area (TPSA) is 65.9 Å². The molecule has 0 radical (unpaired) electrons. The molecule has 172 valence electrons. The first kappa shape index (κ1) is 23.7. The van der Waals surface area contributed by atoms with Gasteiger partial charge in [0, 0.05) is 45.5 Å². The highest BCUT2D eigenvalue weighted by atomic mass is 16.2. The van der Waals surface area contributed by atoms with Gasteiger partial charge in [-0.2, -0.15) is 0 Å². The maximum Gasteiger partial charge on any atom is 0.263 e. The van der Waals surface area contributed by atoms with Gasteiger partial charge in [0.25, 0.3) is 11.5 Å². The maximum atomic E-state index is 13.2. The van der Waals surface area contributed by atoms with Gasteiger partial charge >= 0.3 is 0 Å². The second-order valence-corrected chi connectivity index (χ2v) is 8.33. The third kappa shape index (κ3) is 5.85. The van der Waals surface area contributed by atoms with E-state index in [1.165, 1.54) is 0 Å². The number of aryl methyl sites for hydroxylation is 1. The molecule has 2 heterocycles. The summed E-state index contributed by atoms with van der Waals surface area (Å²) in [6.45, 7) is 10.7. The molecule has 3 rings (SSSR count). The molecule has 2 amide bonds. The Bertz CT molecular complexity index is 997. The van der Waals surface area contributed by atoms with E-state index in [1.807, 2.05) is 49.9 Å². The van der Waals surface area contributed by atoms with E-state index >= 15 is 0 Å². The molecule has 1 aromatic carbocycles. The number of rotatable bonds is 7. The van der Waals surface area contributed by atoms with Gasteiger partial charge in [0.1, 0.15) is 5.56 Å². The number of hydrogen-bond acceptors (Lipinski definition) is 4. The predicted octanol–water partition coefficient (Wildman–Crippen LogP) is 2.22. The van der Waals surface area contributed by atoms with Crippen LogP contribution in [0.3, 0.4) is 0 Å². The maximum absolute atomic E-state index is 13.2. The Balaban J connectivity index is 1.67. The molecular formula is C25H34N4O3. The van der Waals surface area contributed by atoms with E-state index in [0.29, 0.717) is 45.8 Å². The van der Waals surface area contributed by atoms with Crippen molar-refractivity contribution in [3.63, 3.8) is 0 Å². The van der Waals surface area contributed by atoms with Crippen molar-refractivity contribution in [2.24, 2.45) is 0 Å². The molecule has 0 bridgehead atoms. The van der Waals surface area contributed by atoms with Crippen molar-refractivity contribution in [3.8, 4) is 0 Å². The number of pyridine rings is 1. The third-order valence-electron chi connectivity index (χ3n) is 6.04. The Kier molecular flexibility index (Phi) is 8.22. The smallest absolute Gasteiger partial charge is 0.263 e. The lowest BCUT2D eigenvalue weighted by atomic mass is 10.1. The summed E-state index contributed by atoms with van der Waals surface area (Å²) in [6.07, 6.45) is 2.51. The van der Waals surface area contributed by atoms with Crippen LogP contribution in [0.15, 0.2) is 47.4 Å². The van der Waals surface area contributed by atoms with Crippen molar-refractivity contribution in [1.82, 2.24) is 19.3 Å². The van der Waals surface area contributed by atoms with Crippen LogP contribution in [0.5, 0.6) is 0 Å². The Morgan fingerprint density at radius 1 is 1.00 bits per heavy atom. The monoisotopic (exact) mass is 438 g/mol. The first-order chi connectivity index (χ1) is 15.4. The molecular weight excluding hydrogens is 404 g/mol. The third-order valence-corrected chi connectivity index (χ3v) is 6.04. The molecule has 32 heavy (non-hydrogen) atoms. The van der Waals surface area contributed by atoms with Crippen molar-refractivity contribution in [3.05, 3.63) is 69.6 Å². The van der Waals surface area contributed by atoms with Gasteiger partial charge in [-0.15, -0.1) is 0 Å². The van der Waals surface area contributed by atoms with Crippen molar-refractivity contribution in [2.45, 2.75) is 33.7 Å². The summed E-state index contributed by atoms with van der Waals surface area (Å²) in [5, 5.41) is 0. The minimum Gasteiger partial charge on any atom is -0.342 e. The second kappa shape index (κ2) is 11.1. The molecule has 1 aromatic heterocycles. The highest BCUT2D eigenvalue weighted by Crippen LogP contribution is 2.09. The van der Waals surface area contributed by atoms with Gasteiger partial charge in [0.15, 0.2) is 0 Å². The number of carbonyl (C=O) groups excluding carboxylic acids is 2. The Labute approximate surface area is 190 Å². The van der Waals surface area contributed by atoms with Crippen molar-refractivity contribution >= 4 is 11.8 Å². The number of likely N-dealkylation sites (N-methyl/N-ethyl adjacent to an activating group) is 1. The molecule has 1 aliphatic heterocycles. The fourth-order valence-electron chi connectivity index (χ4n) is 4.20. The van der Waals surface area contributed by atoms with E-state index in [-0.39, 0.29) is 22.9 Å². The van der Waals surface area contributed by atoms with Crippen LogP contribution in [-0.4, -0.2) is 76.9 Å². The van der Waals surface area contributed by atoms with Gasteiger partial charge in [-0.25, -0.2) is 0 Å². The van der Waals surface area contributed by atoms with Gasteiger partial charge in [0.05, 0.1) is 13.1 Å². The minimum absolute atomic E-state index is 0.122. The molecule has 0 saturated carbocycles. The Morgan fingerprint density at radius 3 is 2.50 bits per heavy atom. The van der Waals surface area contributed by atoms with E-state index in [2.05, 4.69) is 4.90 Å². The molecule has 7 heteroatoms. The number of benzene rings is 1. The fourth-order valence-corrected chi connectivity index (χ4v) is 4.20. The van der Waals surface area contributed by atoms with E-state index in [0.717, 1.165) is 24.1 Å². The van der Waals surface area contributed by atoms with Crippen molar-refractivity contribution in [2.75, 3.05) is 45.8 Å².